The van der Waals surface area contributed by atoms with Crippen LogP contribution in [-0.4, -0.2) is 34.6 Å². The number of allylic oxidation sites excluding steroid dienone is 1. The van der Waals surface area contributed by atoms with E-state index in [0.717, 1.165) is 49.1 Å². The van der Waals surface area contributed by atoms with E-state index in [1.165, 1.54) is 24.2 Å². The van der Waals surface area contributed by atoms with Crippen LogP contribution < -0.4 is 5.73 Å². The van der Waals surface area contributed by atoms with E-state index in [0.29, 0.717) is 12.3 Å². The Hall–Kier alpha value is -3.59. The summed E-state index contributed by atoms with van der Waals surface area (Å²) in [7, 11) is 1.91. The highest BCUT2D eigenvalue weighted by Crippen LogP contribution is 2.33. The summed E-state index contributed by atoms with van der Waals surface area (Å²) >= 11 is 1.48. The molecule has 4 aromatic heterocycles. The first-order valence-electron chi connectivity index (χ1n) is 10.2. The third-order valence-electron chi connectivity index (χ3n) is 5.49. The maximum atomic E-state index is 6.22. The van der Waals surface area contributed by atoms with E-state index in [1.54, 1.807) is 4.68 Å². The standard InChI is InChI=1S/C22H20N8S/c1-29-12-17(11-25-29)16-9-15-6-14(4-5-19(15)24-10-16)8-20-26-27-22-30(20)28-21(31-22)18(23)7-13-2-3-13/h4-7,9-13H,2-3,8,23H2,1H3/b18-7-. The average Bonchev–Trinajstić information content (AvgIpc) is 3.15. The van der Waals surface area contributed by atoms with E-state index < -0.39 is 0 Å². The van der Waals surface area contributed by atoms with Crippen molar-refractivity contribution in [1.82, 2.24) is 34.6 Å². The van der Waals surface area contributed by atoms with Crippen molar-refractivity contribution in [2.24, 2.45) is 18.7 Å². The zero-order valence-electron chi connectivity index (χ0n) is 16.9. The third kappa shape index (κ3) is 3.46. The Bertz CT molecular complexity index is 1450. The molecule has 9 heteroatoms. The summed E-state index contributed by atoms with van der Waals surface area (Å²) < 4.78 is 3.60. The van der Waals surface area contributed by atoms with Gasteiger partial charge in [-0.15, -0.1) is 10.2 Å². The summed E-state index contributed by atoms with van der Waals surface area (Å²) in [6.45, 7) is 0. The maximum Gasteiger partial charge on any atom is 0.235 e. The maximum absolute atomic E-state index is 6.22. The molecule has 4 heterocycles. The van der Waals surface area contributed by atoms with Gasteiger partial charge in [0.15, 0.2) is 10.8 Å². The molecule has 1 aliphatic rings. The van der Waals surface area contributed by atoms with Gasteiger partial charge in [-0.3, -0.25) is 9.67 Å². The molecule has 1 saturated carbocycles. The van der Waals surface area contributed by atoms with Crippen molar-refractivity contribution in [3.05, 3.63) is 65.3 Å². The molecule has 1 aliphatic carbocycles. The number of rotatable bonds is 5. The lowest BCUT2D eigenvalue weighted by atomic mass is 10.0. The SMILES string of the molecule is Cn1cc(-c2cnc3ccc(Cc4nnc5sc(/C(N)=C/C6CC6)nn45)cc3c2)cn1. The van der Waals surface area contributed by atoms with Crippen molar-refractivity contribution in [2.75, 3.05) is 0 Å². The minimum Gasteiger partial charge on any atom is -0.396 e. The van der Waals surface area contributed by atoms with Crippen LogP contribution in [0.5, 0.6) is 0 Å². The summed E-state index contributed by atoms with van der Waals surface area (Å²) in [5.74, 6) is 1.41. The van der Waals surface area contributed by atoms with Gasteiger partial charge in [0.1, 0.15) is 0 Å². The Labute approximate surface area is 182 Å². The van der Waals surface area contributed by atoms with E-state index in [2.05, 4.69) is 49.7 Å². The van der Waals surface area contributed by atoms with Crippen molar-refractivity contribution in [1.29, 1.82) is 0 Å². The highest BCUT2D eigenvalue weighted by atomic mass is 32.1. The summed E-state index contributed by atoms with van der Waals surface area (Å²) in [5, 5.41) is 19.4. The van der Waals surface area contributed by atoms with Gasteiger partial charge in [-0.05, 0) is 42.5 Å². The van der Waals surface area contributed by atoms with Crippen molar-refractivity contribution in [3.8, 4) is 11.1 Å². The van der Waals surface area contributed by atoms with Crippen LogP contribution in [0.3, 0.4) is 0 Å². The van der Waals surface area contributed by atoms with Crippen molar-refractivity contribution in [3.63, 3.8) is 0 Å². The summed E-state index contributed by atoms with van der Waals surface area (Å²) in [5.41, 5.74) is 11.1. The number of pyridine rings is 1. The highest BCUT2D eigenvalue weighted by molar-refractivity contribution is 7.17. The van der Waals surface area contributed by atoms with Crippen LogP contribution in [0.25, 0.3) is 32.7 Å². The number of fused-ring (bicyclic) bond motifs is 2. The fourth-order valence-electron chi connectivity index (χ4n) is 3.67. The molecule has 6 rings (SSSR count). The summed E-state index contributed by atoms with van der Waals surface area (Å²) in [6, 6.07) is 8.41. The van der Waals surface area contributed by atoms with Gasteiger partial charge in [0.25, 0.3) is 0 Å². The molecule has 8 nitrogen and oxygen atoms in total. The molecule has 31 heavy (non-hydrogen) atoms. The number of nitrogens with zero attached hydrogens (tertiary/aromatic N) is 7. The molecular weight excluding hydrogens is 408 g/mol. The molecular formula is C22H20N8S. The number of aromatic nitrogens is 7. The van der Waals surface area contributed by atoms with Crippen LogP contribution in [0, 0.1) is 5.92 Å². The van der Waals surface area contributed by atoms with Gasteiger partial charge in [0, 0.05) is 42.4 Å². The predicted octanol–water partition coefficient (Wildman–Crippen LogP) is 3.43. The van der Waals surface area contributed by atoms with Crippen molar-refractivity contribution >= 4 is 32.9 Å². The normalized spacial score (nSPS) is 14.7. The zero-order valence-corrected chi connectivity index (χ0v) is 17.8. The van der Waals surface area contributed by atoms with E-state index in [1.807, 2.05) is 36.2 Å². The lowest BCUT2D eigenvalue weighted by Crippen LogP contribution is -2.01. The Morgan fingerprint density at radius 3 is 2.90 bits per heavy atom. The van der Waals surface area contributed by atoms with Gasteiger partial charge in [0.2, 0.25) is 4.96 Å². The number of hydrogen-bond donors (Lipinski definition) is 1. The van der Waals surface area contributed by atoms with Gasteiger partial charge < -0.3 is 5.73 Å². The van der Waals surface area contributed by atoms with Crippen LogP contribution >= 0.6 is 11.3 Å². The van der Waals surface area contributed by atoms with Gasteiger partial charge >= 0.3 is 0 Å². The van der Waals surface area contributed by atoms with E-state index in [9.17, 15) is 0 Å². The largest absolute Gasteiger partial charge is 0.396 e. The van der Waals surface area contributed by atoms with Gasteiger partial charge in [-0.1, -0.05) is 23.5 Å². The molecule has 0 bridgehead atoms. The summed E-state index contributed by atoms with van der Waals surface area (Å²) in [4.78, 5) is 5.37. The Kier molecular flexibility index (Phi) is 4.10. The summed E-state index contributed by atoms with van der Waals surface area (Å²) in [6.07, 6.45) is 10.9. The molecule has 2 N–H and O–H groups in total. The number of aryl methyl sites for hydroxylation is 1. The molecule has 0 amide bonds. The Balaban J connectivity index is 1.32. The first kappa shape index (κ1) is 18.2. The van der Waals surface area contributed by atoms with Gasteiger partial charge in [-0.25, -0.2) is 0 Å². The minimum absolute atomic E-state index is 0.608. The molecule has 0 saturated heterocycles. The Morgan fingerprint density at radius 2 is 2.10 bits per heavy atom. The van der Waals surface area contributed by atoms with Crippen molar-refractivity contribution < 1.29 is 0 Å². The van der Waals surface area contributed by atoms with Crippen LogP contribution in [0.1, 0.15) is 29.2 Å². The molecule has 0 atom stereocenters. The second-order valence-electron chi connectivity index (χ2n) is 8.01. The van der Waals surface area contributed by atoms with E-state index in [-0.39, 0.29) is 0 Å². The van der Waals surface area contributed by atoms with Crippen LogP contribution in [0.2, 0.25) is 0 Å². The topological polar surface area (TPSA) is 99.8 Å². The molecule has 0 aliphatic heterocycles. The molecule has 5 aromatic rings. The third-order valence-corrected chi connectivity index (χ3v) is 6.43. The quantitative estimate of drug-likeness (QED) is 0.460. The molecule has 1 aromatic carbocycles. The number of benzene rings is 1. The fourth-order valence-corrected chi connectivity index (χ4v) is 4.47. The second-order valence-corrected chi connectivity index (χ2v) is 8.96. The van der Waals surface area contributed by atoms with Crippen LogP contribution in [0.4, 0.5) is 0 Å². The lowest BCUT2D eigenvalue weighted by Gasteiger charge is -2.04. The first-order chi connectivity index (χ1) is 15.1. The second kappa shape index (κ2) is 6.98. The van der Waals surface area contributed by atoms with Gasteiger partial charge in [0.05, 0.1) is 17.4 Å². The fraction of sp³-hybridized carbons (Fsp3) is 0.227. The molecule has 0 spiro atoms. The highest BCUT2D eigenvalue weighted by Gasteiger charge is 2.21. The van der Waals surface area contributed by atoms with E-state index >= 15 is 0 Å². The molecule has 154 valence electrons. The lowest BCUT2D eigenvalue weighted by molar-refractivity contribution is 0.768. The first-order valence-corrected chi connectivity index (χ1v) is 11.0. The Morgan fingerprint density at radius 1 is 1.19 bits per heavy atom. The predicted molar refractivity (Wildman–Crippen MR) is 120 cm³/mol. The average molecular weight is 429 g/mol. The molecule has 0 unspecified atom stereocenters. The molecule has 1 fully saturated rings. The smallest absolute Gasteiger partial charge is 0.235 e. The minimum atomic E-state index is 0.608. The number of hydrogen-bond acceptors (Lipinski definition) is 7. The monoisotopic (exact) mass is 428 g/mol. The van der Waals surface area contributed by atoms with Crippen LogP contribution in [-0.2, 0) is 13.5 Å². The zero-order chi connectivity index (χ0) is 20.9. The van der Waals surface area contributed by atoms with Crippen LogP contribution in [0.15, 0.2) is 48.9 Å². The molecule has 0 radical (unpaired) electrons. The van der Waals surface area contributed by atoms with Crippen molar-refractivity contribution in [2.45, 2.75) is 19.3 Å². The van der Waals surface area contributed by atoms with E-state index in [4.69, 9.17) is 5.73 Å². The van der Waals surface area contributed by atoms with Gasteiger partial charge in [-0.2, -0.15) is 14.7 Å². The number of nitrogens with two attached hydrogens (primary N) is 1.